The molecule has 0 saturated carbocycles. The number of nitrogens with two attached hydrogens (primary N) is 1. The van der Waals surface area contributed by atoms with Gasteiger partial charge in [0.15, 0.2) is 5.82 Å². The number of rotatable bonds is 4. The van der Waals surface area contributed by atoms with E-state index in [0.29, 0.717) is 11.6 Å². The Morgan fingerprint density at radius 1 is 1.44 bits per heavy atom. The van der Waals surface area contributed by atoms with Crippen LogP contribution in [0.1, 0.15) is 18.5 Å². The molecule has 0 atom stereocenters. The molecule has 6 nitrogen and oxygen atoms in total. The van der Waals surface area contributed by atoms with Gasteiger partial charge in [-0.2, -0.15) is 0 Å². The summed E-state index contributed by atoms with van der Waals surface area (Å²) in [7, 11) is 1.74. The zero-order chi connectivity index (χ0) is 13.0. The Balaban J connectivity index is 2.07. The second-order valence-corrected chi connectivity index (χ2v) is 4.53. The maximum atomic E-state index is 7.53. The fourth-order valence-corrected chi connectivity index (χ4v) is 2.30. The summed E-state index contributed by atoms with van der Waals surface area (Å²) in [6.45, 7) is 2.63. The quantitative estimate of drug-likeness (QED) is 0.603. The molecule has 2 rings (SSSR count). The Morgan fingerprint density at radius 3 is 2.72 bits per heavy atom. The third kappa shape index (κ3) is 2.76. The molecule has 3 N–H and O–H groups in total. The van der Waals surface area contributed by atoms with Gasteiger partial charge in [0, 0.05) is 39.2 Å². The second-order valence-electron chi connectivity index (χ2n) is 4.53. The van der Waals surface area contributed by atoms with Gasteiger partial charge in [0.05, 0.1) is 0 Å². The Morgan fingerprint density at radius 2 is 2.11 bits per heavy atom. The van der Waals surface area contributed by atoms with Gasteiger partial charge in [0.25, 0.3) is 0 Å². The van der Waals surface area contributed by atoms with Crippen molar-refractivity contribution in [3.8, 4) is 0 Å². The van der Waals surface area contributed by atoms with Crippen LogP contribution in [0, 0.1) is 11.3 Å². The third-order valence-electron chi connectivity index (χ3n) is 3.25. The highest BCUT2D eigenvalue weighted by Gasteiger charge is 2.22. The number of hydrogen-bond acceptors (Lipinski definition) is 5. The number of aromatic nitrogens is 2. The summed E-state index contributed by atoms with van der Waals surface area (Å²) >= 11 is 0. The molecule has 0 aromatic carbocycles. The summed E-state index contributed by atoms with van der Waals surface area (Å²) in [6.07, 6.45) is 5.35. The lowest BCUT2D eigenvalue weighted by Crippen LogP contribution is -2.37. The third-order valence-corrected chi connectivity index (χ3v) is 3.25. The van der Waals surface area contributed by atoms with E-state index in [-0.39, 0.29) is 5.84 Å². The van der Waals surface area contributed by atoms with Gasteiger partial charge in [-0.3, -0.25) is 5.41 Å². The van der Waals surface area contributed by atoms with Crippen molar-refractivity contribution in [2.24, 2.45) is 11.7 Å². The number of ether oxygens (including phenoxy) is 1. The number of anilines is 1. The Bertz CT molecular complexity index is 415. The smallest absolute Gasteiger partial charge is 0.158 e. The molecule has 1 aliphatic heterocycles. The molecule has 1 aliphatic rings. The summed E-state index contributed by atoms with van der Waals surface area (Å²) in [5.74, 6) is 1.31. The number of piperidine rings is 1. The Hall–Kier alpha value is -1.69. The minimum absolute atomic E-state index is 0.0304. The van der Waals surface area contributed by atoms with E-state index in [4.69, 9.17) is 15.9 Å². The van der Waals surface area contributed by atoms with Gasteiger partial charge in [-0.1, -0.05) is 0 Å². The second kappa shape index (κ2) is 5.77. The molecule has 2 heterocycles. The van der Waals surface area contributed by atoms with Crippen molar-refractivity contribution >= 4 is 11.7 Å². The molecule has 6 heteroatoms. The van der Waals surface area contributed by atoms with Gasteiger partial charge >= 0.3 is 0 Å². The first kappa shape index (κ1) is 12.8. The summed E-state index contributed by atoms with van der Waals surface area (Å²) in [5, 5.41) is 7.53. The van der Waals surface area contributed by atoms with E-state index in [0.717, 1.165) is 38.4 Å². The van der Waals surface area contributed by atoms with Gasteiger partial charge in [0.1, 0.15) is 11.5 Å². The highest BCUT2D eigenvalue weighted by molar-refractivity contribution is 5.97. The van der Waals surface area contributed by atoms with Crippen LogP contribution in [0.2, 0.25) is 0 Å². The normalized spacial score (nSPS) is 16.8. The van der Waals surface area contributed by atoms with E-state index in [1.807, 2.05) is 0 Å². The summed E-state index contributed by atoms with van der Waals surface area (Å²) in [5.41, 5.74) is 6.01. The van der Waals surface area contributed by atoms with Crippen LogP contribution in [0.25, 0.3) is 0 Å². The standard InChI is InChI=1S/C12H19N5O/c1-18-8-9-2-6-17(7-3-9)12-10(11(13)14)15-4-5-16-12/h4-5,9H,2-3,6-8H2,1H3,(H3,13,14). The molecule has 1 fully saturated rings. The molecule has 0 spiro atoms. The largest absolute Gasteiger partial charge is 0.384 e. The minimum atomic E-state index is -0.0304. The van der Waals surface area contributed by atoms with Crippen molar-refractivity contribution in [2.45, 2.75) is 12.8 Å². The van der Waals surface area contributed by atoms with Crippen LogP contribution in [0.15, 0.2) is 12.4 Å². The lowest BCUT2D eigenvalue weighted by atomic mass is 9.98. The zero-order valence-electron chi connectivity index (χ0n) is 10.6. The molecule has 1 saturated heterocycles. The van der Waals surface area contributed by atoms with Gasteiger partial charge in [-0.25, -0.2) is 9.97 Å². The summed E-state index contributed by atoms with van der Waals surface area (Å²) in [4.78, 5) is 10.6. The van der Waals surface area contributed by atoms with Gasteiger partial charge in [0.2, 0.25) is 0 Å². The topological polar surface area (TPSA) is 88.1 Å². The molecule has 98 valence electrons. The van der Waals surface area contributed by atoms with Gasteiger partial charge < -0.3 is 15.4 Å². The number of methoxy groups -OCH3 is 1. The molecule has 1 aromatic heterocycles. The number of hydrogen-bond donors (Lipinski definition) is 2. The van der Waals surface area contributed by atoms with Crippen molar-refractivity contribution < 1.29 is 4.74 Å². The van der Waals surface area contributed by atoms with Crippen LogP contribution in [-0.4, -0.2) is 42.6 Å². The van der Waals surface area contributed by atoms with Crippen LogP contribution in [0.4, 0.5) is 5.82 Å². The molecule has 0 unspecified atom stereocenters. The summed E-state index contributed by atoms with van der Waals surface area (Å²) in [6, 6.07) is 0. The van der Waals surface area contributed by atoms with Gasteiger partial charge in [-0.05, 0) is 18.8 Å². The van der Waals surface area contributed by atoms with Crippen molar-refractivity contribution in [1.82, 2.24) is 9.97 Å². The Kier molecular flexibility index (Phi) is 4.09. The summed E-state index contributed by atoms with van der Waals surface area (Å²) < 4.78 is 5.18. The number of nitrogens with one attached hydrogen (secondary N) is 1. The molecule has 18 heavy (non-hydrogen) atoms. The van der Waals surface area contributed by atoms with E-state index in [2.05, 4.69) is 14.9 Å². The van der Waals surface area contributed by atoms with Gasteiger partial charge in [-0.15, -0.1) is 0 Å². The first-order valence-corrected chi connectivity index (χ1v) is 6.11. The SMILES string of the molecule is COCC1CCN(c2nccnc2C(=N)N)CC1. The fraction of sp³-hybridized carbons (Fsp3) is 0.583. The predicted molar refractivity (Wildman–Crippen MR) is 69.9 cm³/mol. The maximum absolute atomic E-state index is 7.53. The van der Waals surface area contributed by atoms with Crippen LogP contribution >= 0.6 is 0 Å². The first-order valence-electron chi connectivity index (χ1n) is 6.11. The molecule has 0 aliphatic carbocycles. The molecule has 0 bridgehead atoms. The molecule has 0 radical (unpaired) electrons. The minimum Gasteiger partial charge on any atom is -0.384 e. The lowest BCUT2D eigenvalue weighted by Gasteiger charge is -2.33. The van der Waals surface area contributed by atoms with E-state index in [1.54, 1.807) is 19.5 Å². The highest BCUT2D eigenvalue weighted by Crippen LogP contribution is 2.23. The van der Waals surface area contributed by atoms with Crippen LogP contribution in [-0.2, 0) is 4.74 Å². The zero-order valence-corrected chi connectivity index (χ0v) is 10.6. The molecular formula is C12H19N5O. The number of nitrogen functional groups attached to an aromatic ring is 1. The highest BCUT2D eigenvalue weighted by atomic mass is 16.5. The van der Waals surface area contributed by atoms with Crippen molar-refractivity contribution in [2.75, 3.05) is 31.7 Å². The average molecular weight is 249 g/mol. The van der Waals surface area contributed by atoms with E-state index < -0.39 is 0 Å². The lowest BCUT2D eigenvalue weighted by molar-refractivity contribution is 0.139. The average Bonchev–Trinajstić information content (AvgIpc) is 2.40. The number of amidine groups is 1. The van der Waals surface area contributed by atoms with Crippen molar-refractivity contribution in [1.29, 1.82) is 5.41 Å². The molecule has 1 aromatic rings. The molecular weight excluding hydrogens is 230 g/mol. The van der Waals surface area contributed by atoms with Crippen molar-refractivity contribution in [3.63, 3.8) is 0 Å². The van der Waals surface area contributed by atoms with Crippen molar-refractivity contribution in [3.05, 3.63) is 18.1 Å². The monoisotopic (exact) mass is 249 g/mol. The maximum Gasteiger partial charge on any atom is 0.158 e. The molecule has 0 amide bonds. The van der Waals surface area contributed by atoms with E-state index in [1.165, 1.54) is 0 Å². The van der Waals surface area contributed by atoms with E-state index >= 15 is 0 Å². The Labute approximate surface area is 107 Å². The first-order chi connectivity index (χ1) is 8.72. The fourth-order valence-electron chi connectivity index (χ4n) is 2.30. The number of nitrogens with zero attached hydrogens (tertiary/aromatic N) is 3. The van der Waals surface area contributed by atoms with Crippen LogP contribution in [0.5, 0.6) is 0 Å². The van der Waals surface area contributed by atoms with Crippen LogP contribution in [0.3, 0.4) is 0 Å². The van der Waals surface area contributed by atoms with E-state index in [9.17, 15) is 0 Å². The predicted octanol–water partition coefficient (Wildman–Crippen LogP) is 0.623. The van der Waals surface area contributed by atoms with Crippen LogP contribution < -0.4 is 10.6 Å².